The van der Waals surface area contributed by atoms with Crippen LogP contribution in [0.1, 0.15) is 52.0 Å². The maximum Gasteiger partial charge on any atom is 0.407 e. The monoisotopic (exact) mass is 400 g/mol. The molecule has 1 aliphatic heterocycles. The largest absolute Gasteiger partial charge is 0.444 e. The smallest absolute Gasteiger partial charge is 0.407 e. The number of carbonyl (C=O) groups excluding carboxylic acids is 2. The standard InChI is InChI=1S/C20H27F3N2O3/c1-4-20(2,3)28-19(27)24-14(11-18(26)25-7-5-6-8-25)9-13-10-16(22)17(23)12-15(13)21/h10,12,14H,4-9,11H2,1-3H3,(H,24,27)/t14-/m1/s1. The molecule has 0 aromatic heterocycles. The van der Waals surface area contributed by atoms with Crippen LogP contribution in [0, 0.1) is 17.5 Å². The van der Waals surface area contributed by atoms with Crippen LogP contribution in [0.15, 0.2) is 12.1 Å². The molecule has 156 valence electrons. The van der Waals surface area contributed by atoms with Gasteiger partial charge in [-0.05, 0) is 51.2 Å². The van der Waals surface area contributed by atoms with Crippen LogP contribution in [0.5, 0.6) is 0 Å². The molecular formula is C20H27F3N2O3. The molecule has 0 bridgehead atoms. The molecule has 1 aliphatic rings. The van der Waals surface area contributed by atoms with Gasteiger partial charge in [0, 0.05) is 31.6 Å². The Hall–Kier alpha value is -2.25. The molecule has 2 rings (SSSR count). The highest BCUT2D eigenvalue weighted by molar-refractivity contribution is 5.78. The highest BCUT2D eigenvalue weighted by atomic mass is 19.2. The van der Waals surface area contributed by atoms with Crippen molar-refractivity contribution in [1.29, 1.82) is 0 Å². The number of benzene rings is 1. The first-order valence-corrected chi connectivity index (χ1v) is 9.52. The van der Waals surface area contributed by atoms with E-state index in [1.807, 2.05) is 6.92 Å². The van der Waals surface area contributed by atoms with E-state index in [1.165, 1.54) is 0 Å². The van der Waals surface area contributed by atoms with Gasteiger partial charge in [0.2, 0.25) is 5.91 Å². The zero-order chi connectivity index (χ0) is 20.9. The van der Waals surface area contributed by atoms with Gasteiger partial charge in [-0.1, -0.05) is 6.92 Å². The van der Waals surface area contributed by atoms with Gasteiger partial charge in [-0.15, -0.1) is 0 Å². The topological polar surface area (TPSA) is 58.6 Å². The minimum atomic E-state index is -1.29. The van der Waals surface area contributed by atoms with Crippen molar-refractivity contribution in [2.75, 3.05) is 13.1 Å². The molecule has 1 aromatic carbocycles. The maximum absolute atomic E-state index is 14.0. The predicted molar refractivity (Wildman–Crippen MR) is 98.2 cm³/mol. The zero-order valence-corrected chi connectivity index (χ0v) is 16.5. The Kier molecular flexibility index (Phi) is 7.32. The van der Waals surface area contributed by atoms with Crippen LogP contribution >= 0.6 is 0 Å². The first-order valence-electron chi connectivity index (χ1n) is 9.52. The molecule has 1 atom stereocenters. The Labute approximate surface area is 163 Å². The Balaban J connectivity index is 2.14. The molecule has 0 unspecified atom stereocenters. The molecule has 1 aromatic rings. The fraction of sp³-hybridized carbons (Fsp3) is 0.600. The molecule has 1 N–H and O–H groups in total. The number of hydrogen-bond acceptors (Lipinski definition) is 3. The normalized spacial score (nSPS) is 15.4. The Bertz CT molecular complexity index is 719. The second-order valence-electron chi connectivity index (χ2n) is 7.70. The second kappa shape index (κ2) is 9.30. The van der Waals surface area contributed by atoms with Crippen LogP contribution in [-0.4, -0.2) is 41.6 Å². The molecule has 8 heteroatoms. The summed E-state index contributed by atoms with van der Waals surface area (Å²) in [5, 5.41) is 2.58. The van der Waals surface area contributed by atoms with Crippen molar-refractivity contribution in [3.8, 4) is 0 Å². The third-order valence-corrected chi connectivity index (χ3v) is 4.98. The summed E-state index contributed by atoms with van der Waals surface area (Å²) in [6.07, 6.45) is 1.41. The summed E-state index contributed by atoms with van der Waals surface area (Å²) in [5.74, 6) is -3.58. The quantitative estimate of drug-likeness (QED) is 0.706. The van der Waals surface area contributed by atoms with Gasteiger partial charge in [0.1, 0.15) is 11.4 Å². The fourth-order valence-electron chi connectivity index (χ4n) is 2.99. The molecule has 1 fully saturated rings. The first-order chi connectivity index (χ1) is 13.1. The molecule has 5 nitrogen and oxygen atoms in total. The number of likely N-dealkylation sites (tertiary alicyclic amines) is 1. The van der Waals surface area contributed by atoms with Crippen LogP contribution < -0.4 is 5.32 Å². The lowest BCUT2D eigenvalue weighted by molar-refractivity contribution is -0.130. The van der Waals surface area contributed by atoms with Crippen LogP contribution in [0.2, 0.25) is 0 Å². The molecule has 0 spiro atoms. The van der Waals surface area contributed by atoms with Gasteiger partial charge in [0.15, 0.2) is 11.6 Å². The van der Waals surface area contributed by atoms with Crippen LogP contribution in [-0.2, 0) is 16.0 Å². The number of alkyl carbamates (subject to hydrolysis) is 1. The van der Waals surface area contributed by atoms with Gasteiger partial charge in [-0.3, -0.25) is 4.79 Å². The molecule has 0 radical (unpaired) electrons. The lowest BCUT2D eigenvalue weighted by Crippen LogP contribution is -2.44. The Morgan fingerprint density at radius 3 is 2.36 bits per heavy atom. The summed E-state index contributed by atoms with van der Waals surface area (Å²) >= 11 is 0. The lowest BCUT2D eigenvalue weighted by atomic mass is 10.0. The number of rotatable bonds is 7. The number of ether oxygens (including phenoxy) is 1. The Morgan fingerprint density at radius 2 is 1.75 bits per heavy atom. The van der Waals surface area contributed by atoms with E-state index < -0.39 is 35.2 Å². The molecule has 2 amide bonds. The number of amides is 2. The zero-order valence-electron chi connectivity index (χ0n) is 16.5. The lowest BCUT2D eigenvalue weighted by Gasteiger charge is -2.26. The first kappa shape index (κ1) is 22.0. The highest BCUT2D eigenvalue weighted by Gasteiger charge is 2.27. The van der Waals surface area contributed by atoms with E-state index in [2.05, 4.69) is 5.32 Å². The third kappa shape index (κ3) is 6.14. The van der Waals surface area contributed by atoms with Crippen LogP contribution in [0.4, 0.5) is 18.0 Å². The number of hydrogen-bond donors (Lipinski definition) is 1. The summed E-state index contributed by atoms with van der Waals surface area (Å²) < 4.78 is 46.1. The average Bonchev–Trinajstić information content (AvgIpc) is 3.13. The van der Waals surface area contributed by atoms with Gasteiger partial charge in [-0.2, -0.15) is 0 Å². The summed E-state index contributed by atoms with van der Waals surface area (Å²) in [4.78, 5) is 26.4. The number of halogens is 3. The average molecular weight is 400 g/mol. The second-order valence-corrected chi connectivity index (χ2v) is 7.70. The minimum Gasteiger partial charge on any atom is -0.444 e. The van der Waals surface area contributed by atoms with Gasteiger partial charge in [-0.25, -0.2) is 18.0 Å². The van der Waals surface area contributed by atoms with Crippen LogP contribution in [0.25, 0.3) is 0 Å². The van der Waals surface area contributed by atoms with Crippen molar-refractivity contribution in [1.82, 2.24) is 10.2 Å². The third-order valence-electron chi connectivity index (χ3n) is 4.98. The van der Waals surface area contributed by atoms with Gasteiger partial charge in [0.25, 0.3) is 0 Å². The van der Waals surface area contributed by atoms with Gasteiger partial charge < -0.3 is 15.0 Å². The molecule has 1 saturated heterocycles. The van der Waals surface area contributed by atoms with Crippen molar-refractivity contribution < 1.29 is 27.5 Å². The molecule has 28 heavy (non-hydrogen) atoms. The van der Waals surface area contributed by atoms with Crippen molar-refractivity contribution >= 4 is 12.0 Å². The summed E-state index contributed by atoms with van der Waals surface area (Å²) in [6, 6.07) is 0.399. The number of carbonyl (C=O) groups is 2. The summed E-state index contributed by atoms with van der Waals surface area (Å²) in [7, 11) is 0. The van der Waals surface area contributed by atoms with E-state index in [1.54, 1.807) is 18.7 Å². The van der Waals surface area contributed by atoms with Crippen molar-refractivity contribution in [3.05, 3.63) is 35.1 Å². The molecule has 0 aliphatic carbocycles. The van der Waals surface area contributed by atoms with Gasteiger partial charge in [0.05, 0.1) is 0 Å². The van der Waals surface area contributed by atoms with Crippen molar-refractivity contribution in [2.24, 2.45) is 0 Å². The number of nitrogens with zero attached hydrogens (tertiary/aromatic N) is 1. The minimum absolute atomic E-state index is 0.0832. The predicted octanol–water partition coefficient (Wildman–Crippen LogP) is 3.94. The van der Waals surface area contributed by atoms with E-state index in [0.717, 1.165) is 18.9 Å². The van der Waals surface area contributed by atoms with E-state index in [4.69, 9.17) is 4.74 Å². The van der Waals surface area contributed by atoms with E-state index in [-0.39, 0.29) is 24.3 Å². The van der Waals surface area contributed by atoms with Gasteiger partial charge >= 0.3 is 6.09 Å². The van der Waals surface area contributed by atoms with E-state index >= 15 is 0 Å². The van der Waals surface area contributed by atoms with E-state index in [0.29, 0.717) is 25.6 Å². The SMILES string of the molecule is CCC(C)(C)OC(=O)N[C@@H](CC(=O)N1CCCC1)Cc1cc(F)c(F)cc1F. The fourth-order valence-corrected chi connectivity index (χ4v) is 2.99. The molecule has 0 saturated carbocycles. The summed E-state index contributed by atoms with van der Waals surface area (Å²) in [6.45, 7) is 6.62. The Morgan fingerprint density at radius 1 is 1.14 bits per heavy atom. The van der Waals surface area contributed by atoms with Crippen molar-refractivity contribution in [3.63, 3.8) is 0 Å². The molecule has 1 heterocycles. The highest BCUT2D eigenvalue weighted by Crippen LogP contribution is 2.19. The maximum atomic E-state index is 14.0. The number of nitrogens with one attached hydrogen (secondary N) is 1. The van der Waals surface area contributed by atoms with Crippen molar-refractivity contribution in [2.45, 2.75) is 64.5 Å². The van der Waals surface area contributed by atoms with E-state index in [9.17, 15) is 22.8 Å². The molecular weight excluding hydrogens is 373 g/mol. The van der Waals surface area contributed by atoms with Crippen LogP contribution in [0.3, 0.4) is 0 Å². The summed E-state index contributed by atoms with van der Waals surface area (Å²) in [5.41, 5.74) is -0.825.